The smallest absolute Gasteiger partial charge is 0.364 e. The molecule has 15 N–H and O–H groups in total. The summed E-state index contributed by atoms with van der Waals surface area (Å²) in [5, 5.41) is 112. The summed E-state index contributed by atoms with van der Waals surface area (Å²) in [6.07, 6.45) is -12.8. The second kappa shape index (κ2) is 41.8. The van der Waals surface area contributed by atoms with Gasteiger partial charge in [-0.2, -0.15) is 23.5 Å². The maximum Gasteiger partial charge on any atom is 0.364 e. The highest BCUT2D eigenvalue weighted by molar-refractivity contribution is 7.99. The molecule has 2 fully saturated rings. The van der Waals surface area contributed by atoms with Crippen molar-refractivity contribution in [2.24, 2.45) is 0 Å². The third-order valence-electron chi connectivity index (χ3n) is 16.9. The van der Waals surface area contributed by atoms with Crippen LogP contribution in [-0.4, -0.2) is 241 Å². The molecule has 2 saturated heterocycles. The fourth-order valence-electron chi connectivity index (χ4n) is 11.4. The SMILES string of the molecule is CC(=O)N[C@H]1[C@H]([C@H](O)[C@H](O)CNC(=O)c2ccc(-c3ccccc3)cc2)O[C@@](OCCCSCCNC(=O)c2ccc(C(=O)NCCSCCCO[C@]3(C(=O)O)C[C@H](O)C[C@H]([C@H](O)[C@H](O)CNC(=O)c4ccc(-c5ccccc5)cc4)O3)cc2OCCCNC(=O)CCCCC(=O)O)(C(=O)O)C[C@@H]1O. The topological polar surface area (TPSA) is 454 Å². The molecule has 0 saturated carbocycles. The van der Waals surface area contributed by atoms with E-state index < -0.39 is 140 Å². The average Bonchev–Trinajstić information content (AvgIpc) is 0.513. The van der Waals surface area contributed by atoms with Crippen LogP contribution in [0, 0.1) is 0 Å². The Bertz CT molecular complexity index is 3620. The van der Waals surface area contributed by atoms with Crippen molar-refractivity contribution in [2.45, 2.75) is 138 Å². The summed E-state index contributed by atoms with van der Waals surface area (Å²) in [4.78, 5) is 114. The Balaban J connectivity index is 0.844. The first-order valence-corrected chi connectivity index (χ1v) is 36.5. The first kappa shape index (κ1) is 82.7. The summed E-state index contributed by atoms with van der Waals surface area (Å²) in [6.45, 7) is 0.349. The lowest BCUT2D eigenvalue weighted by Crippen LogP contribution is -2.68. The summed E-state index contributed by atoms with van der Waals surface area (Å²) in [5.74, 6) is -10.5. The van der Waals surface area contributed by atoms with Gasteiger partial charge >= 0.3 is 17.9 Å². The van der Waals surface area contributed by atoms with Crippen LogP contribution in [0.3, 0.4) is 0 Å². The molecule has 29 nitrogen and oxygen atoms in total. The molecule has 5 aromatic rings. The molecule has 5 aromatic carbocycles. The molecule has 2 heterocycles. The second-order valence-electron chi connectivity index (χ2n) is 24.9. The molecule has 0 bridgehead atoms. The van der Waals surface area contributed by atoms with Crippen molar-refractivity contribution >= 4 is 76.9 Å². The predicted molar refractivity (Wildman–Crippen MR) is 383 cm³/mol. The molecule has 0 aliphatic carbocycles. The number of unbranched alkanes of at least 4 members (excludes halogenated alkanes) is 1. The zero-order valence-corrected chi connectivity index (χ0v) is 59.1. The Morgan fingerprint density at radius 2 is 1.01 bits per heavy atom. The molecule has 2 aliphatic heterocycles. The van der Waals surface area contributed by atoms with Gasteiger partial charge in [0, 0.05) is 99.9 Å². The number of aliphatic hydroxyl groups is 6. The van der Waals surface area contributed by atoms with Crippen molar-refractivity contribution in [3.8, 4) is 28.0 Å². The van der Waals surface area contributed by atoms with Crippen LogP contribution in [0.25, 0.3) is 22.3 Å². The third-order valence-corrected chi connectivity index (χ3v) is 19.1. The Morgan fingerprint density at radius 1 is 0.519 bits per heavy atom. The molecule has 2 aliphatic rings. The Kier molecular flexibility index (Phi) is 33.2. The highest BCUT2D eigenvalue weighted by atomic mass is 32.2. The number of thioether (sulfide) groups is 2. The zero-order valence-electron chi connectivity index (χ0n) is 57.4. The van der Waals surface area contributed by atoms with Gasteiger partial charge in [-0.05, 0) is 108 Å². The lowest BCUT2D eigenvalue weighted by Gasteiger charge is -2.46. The molecule has 7 rings (SSSR count). The summed E-state index contributed by atoms with van der Waals surface area (Å²) in [7, 11) is 0. The number of rotatable bonds is 43. The highest BCUT2D eigenvalue weighted by Gasteiger charge is 2.56. The number of hydrogen-bond acceptors (Lipinski definition) is 22. The standard InChI is InChI=1S/C73H92N6O23S2/c1-45(80)79-62-55(82)42-73(71(96)97,102-65(62)64(89)57(84)44-78-67(91)51-25-21-49(22-26-51)47-15-6-3-7-16-47)100-34-12-36-104-38-31-76-69(93)54-28-27-52(39-58(54)98-32-10-29-74-60(85)17-8-9-18-61(86)87)68(92)75-30-37-103-35-11-33-99-72(70(94)95)41-53(81)40-59(101-72)63(88)56(83)43-77-66(90)50-23-19-48(20-24-50)46-13-4-2-5-14-46/h2-7,13-16,19-28,39,53,55-57,59,62-65,81-84,88-89H,8-12,17-18,29-38,40-44H2,1H3,(H,74,85)(H,75,92)(H,76,93)(H,77,90)(H,78,91)(H,79,80)(H,86,87)(H,94,95)(H,96,97)/t53-,55+,56-,57-,59-,62-,63-,64-,65-,72-,73-/m1/s1. The van der Waals surface area contributed by atoms with E-state index in [1.807, 2.05) is 60.7 Å². The first-order chi connectivity index (χ1) is 49.9. The molecule has 0 radical (unpaired) electrons. The maximum absolute atomic E-state index is 13.7. The van der Waals surface area contributed by atoms with Crippen LogP contribution < -0.4 is 36.6 Å². The van der Waals surface area contributed by atoms with E-state index in [1.54, 1.807) is 48.5 Å². The molecule has 6 amide bonds. The molecule has 0 aromatic heterocycles. The lowest BCUT2D eigenvalue weighted by atomic mass is 9.88. The number of carbonyl (C=O) groups is 9. The maximum atomic E-state index is 13.7. The van der Waals surface area contributed by atoms with Gasteiger partial charge in [0.05, 0.1) is 61.9 Å². The van der Waals surface area contributed by atoms with Gasteiger partial charge in [-0.3, -0.25) is 33.6 Å². The fraction of sp³-hybridized carbons (Fsp3) is 0.466. The van der Waals surface area contributed by atoms with Crippen LogP contribution in [0.4, 0.5) is 0 Å². The van der Waals surface area contributed by atoms with E-state index in [0.29, 0.717) is 54.3 Å². The molecule has 564 valence electrons. The zero-order chi connectivity index (χ0) is 75.2. The molecular weight excluding hydrogens is 1390 g/mol. The van der Waals surface area contributed by atoms with Gasteiger partial charge in [0.25, 0.3) is 35.2 Å². The number of carbonyl (C=O) groups excluding carboxylic acids is 6. The van der Waals surface area contributed by atoms with Gasteiger partial charge < -0.3 is 102 Å². The van der Waals surface area contributed by atoms with Crippen LogP contribution >= 0.6 is 23.5 Å². The van der Waals surface area contributed by atoms with Crippen molar-refractivity contribution in [1.29, 1.82) is 0 Å². The lowest BCUT2D eigenvalue weighted by molar-refractivity contribution is -0.310. The average molecular weight is 1490 g/mol. The van der Waals surface area contributed by atoms with Gasteiger partial charge in [0.2, 0.25) is 11.8 Å². The van der Waals surface area contributed by atoms with E-state index in [-0.39, 0.29) is 93.5 Å². The summed E-state index contributed by atoms with van der Waals surface area (Å²) >= 11 is 2.78. The Hall–Kier alpha value is -8.57. The highest BCUT2D eigenvalue weighted by Crippen LogP contribution is 2.36. The number of benzene rings is 5. The Morgan fingerprint density at radius 3 is 1.54 bits per heavy atom. The molecule has 104 heavy (non-hydrogen) atoms. The van der Waals surface area contributed by atoms with Crippen molar-refractivity contribution in [2.75, 3.05) is 75.6 Å². The van der Waals surface area contributed by atoms with E-state index in [2.05, 4.69) is 31.9 Å². The van der Waals surface area contributed by atoms with E-state index in [0.717, 1.165) is 29.2 Å². The van der Waals surface area contributed by atoms with Crippen molar-refractivity contribution in [1.82, 2.24) is 31.9 Å². The second-order valence-corrected chi connectivity index (χ2v) is 27.3. The third kappa shape index (κ3) is 25.4. The largest absolute Gasteiger partial charge is 0.493 e. The van der Waals surface area contributed by atoms with Crippen LogP contribution in [0.1, 0.15) is 113 Å². The molecule has 0 spiro atoms. The number of aliphatic carboxylic acids is 3. The normalized spacial score (nSPS) is 20.5. The minimum absolute atomic E-state index is 0.0145. The van der Waals surface area contributed by atoms with Gasteiger partial charge in [-0.25, -0.2) is 9.59 Å². The summed E-state index contributed by atoms with van der Waals surface area (Å²) in [6, 6.07) is 35.3. The van der Waals surface area contributed by atoms with E-state index >= 15 is 0 Å². The number of carboxylic acid groups (broad SMARTS) is 3. The van der Waals surface area contributed by atoms with E-state index in [1.165, 1.54) is 41.7 Å². The Labute approximate surface area is 609 Å². The molecule has 0 unspecified atom stereocenters. The minimum atomic E-state index is -2.54. The van der Waals surface area contributed by atoms with Crippen LogP contribution in [0.5, 0.6) is 5.75 Å². The molecule has 11 atom stereocenters. The minimum Gasteiger partial charge on any atom is -0.493 e. The van der Waals surface area contributed by atoms with Crippen molar-refractivity contribution in [3.63, 3.8) is 0 Å². The number of nitrogens with one attached hydrogen (secondary N) is 6. The van der Waals surface area contributed by atoms with Gasteiger partial charge in [-0.1, -0.05) is 84.9 Å². The van der Waals surface area contributed by atoms with Crippen molar-refractivity contribution < 1.29 is 113 Å². The number of carboxylic acids is 3. The van der Waals surface area contributed by atoms with Gasteiger partial charge in [-0.15, -0.1) is 0 Å². The number of amides is 6. The number of ether oxygens (including phenoxy) is 5. The molecular formula is C73H92N6O23S2. The van der Waals surface area contributed by atoms with Gasteiger partial charge in [0.15, 0.2) is 0 Å². The quantitative estimate of drug-likeness (QED) is 0.0249. The first-order valence-electron chi connectivity index (χ1n) is 34.2. The van der Waals surface area contributed by atoms with Crippen LogP contribution in [0.2, 0.25) is 0 Å². The van der Waals surface area contributed by atoms with Gasteiger partial charge in [0.1, 0.15) is 24.1 Å². The number of aliphatic hydroxyl groups excluding tert-OH is 6. The summed E-state index contributed by atoms with van der Waals surface area (Å²) < 4.78 is 29.2. The van der Waals surface area contributed by atoms with Crippen molar-refractivity contribution in [3.05, 3.63) is 150 Å². The van der Waals surface area contributed by atoms with E-state index in [9.17, 15) is 84.0 Å². The predicted octanol–water partition coefficient (Wildman–Crippen LogP) is 3.35. The van der Waals surface area contributed by atoms with Crippen LogP contribution in [0.15, 0.2) is 127 Å². The monoisotopic (exact) mass is 1480 g/mol. The fourth-order valence-corrected chi connectivity index (χ4v) is 13.0. The van der Waals surface area contributed by atoms with Crippen LogP contribution in [-0.2, 0) is 42.9 Å². The number of hydrogen-bond donors (Lipinski definition) is 15. The van der Waals surface area contributed by atoms with E-state index in [4.69, 9.17) is 28.8 Å². The molecule has 31 heteroatoms. The summed E-state index contributed by atoms with van der Waals surface area (Å²) in [5.41, 5.74) is 4.44.